The minimum atomic E-state index is -0.304. The fourth-order valence-electron chi connectivity index (χ4n) is 3.33. The Morgan fingerprint density at radius 1 is 1.11 bits per heavy atom. The highest BCUT2D eigenvalue weighted by Gasteiger charge is 2.22. The summed E-state index contributed by atoms with van der Waals surface area (Å²) in [5, 5.41) is 23.3. The molecule has 1 fully saturated rings. The lowest BCUT2D eigenvalue weighted by molar-refractivity contribution is -0.384. The van der Waals surface area contributed by atoms with Crippen LogP contribution in [0.25, 0.3) is 5.69 Å². The zero-order valence-electron chi connectivity index (χ0n) is 14.7. The number of hydrogen-bond donors (Lipinski definition) is 0. The van der Waals surface area contributed by atoms with Crippen molar-refractivity contribution < 1.29 is 4.92 Å². The van der Waals surface area contributed by atoms with Gasteiger partial charge in [0.1, 0.15) is 18.3 Å². The molecule has 0 radical (unpaired) electrons. The lowest BCUT2D eigenvalue weighted by Gasteiger charge is -2.28. The minimum Gasteiger partial charge on any atom is -0.366 e. The Labute approximate surface area is 155 Å². The second-order valence-electron chi connectivity index (χ2n) is 6.37. The van der Waals surface area contributed by atoms with Crippen LogP contribution < -0.4 is 4.90 Å². The van der Waals surface area contributed by atoms with Crippen molar-refractivity contribution in [3.05, 3.63) is 65.0 Å². The number of nitro benzene ring substituents is 1. The predicted octanol–water partition coefficient (Wildman–Crippen LogP) is 2.85. The third-order valence-corrected chi connectivity index (χ3v) is 4.64. The van der Waals surface area contributed by atoms with Crippen molar-refractivity contribution in [3.63, 3.8) is 0 Å². The molecule has 0 unspecified atom stereocenters. The molecule has 0 amide bonds. The zero-order valence-corrected chi connectivity index (χ0v) is 14.7. The van der Waals surface area contributed by atoms with Gasteiger partial charge in [-0.2, -0.15) is 5.10 Å². The molecule has 9 nitrogen and oxygen atoms in total. The molecule has 3 heterocycles. The maximum atomic E-state index is 11.7. The Bertz CT molecular complexity index is 956. The van der Waals surface area contributed by atoms with Gasteiger partial charge in [0, 0.05) is 25.4 Å². The van der Waals surface area contributed by atoms with Crippen LogP contribution >= 0.6 is 0 Å². The van der Waals surface area contributed by atoms with Crippen LogP contribution in [0.5, 0.6) is 0 Å². The van der Waals surface area contributed by atoms with E-state index in [-0.39, 0.29) is 10.6 Å². The number of nitrogens with zero attached hydrogens (tertiary/aromatic N) is 7. The molecule has 1 saturated heterocycles. The predicted molar refractivity (Wildman–Crippen MR) is 102 cm³/mol. The fraction of sp³-hybridized carbons (Fsp3) is 0.278. The Kier molecular flexibility index (Phi) is 4.65. The monoisotopic (exact) mass is 365 g/mol. The second-order valence-corrected chi connectivity index (χ2v) is 6.37. The first-order chi connectivity index (χ1) is 13.2. The van der Waals surface area contributed by atoms with Gasteiger partial charge < -0.3 is 9.47 Å². The molecule has 1 aliphatic rings. The molecule has 0 saturated carbocycles. The van der Waals surface area contributed by atoms with Crippen molar-refractivity contribution in [2.24, 2.45) is 5.10 Å². The zero-order chi connectivity index (χ0) is 18.6. The van der Waals surface area contributed by atoms with Gasteiger partial charge in [-0.15, -0.1) is 10.2 Å². The number of anilines is 1. The van der Waals surface area contributed by atoms with Crippen molar-refractivity contribution in [2.45, 2.75) is 19.3 Å². The normalized spacial score (nSPS) is 14.7. The van der Waals surface area contributed by atoms with E-state index < -0.39 is 0 Å². The summed E-state index contributed by atoms with van der Waals surface area (Å²) in [6.07, 6.45) is 9.81. The molecule has 0 aliphatic carbocycles. The molecule has 138 valence electrons. The van der Waals surface area contributed by atoms with Crippen LogP contribution in [0.15, 0.2) is 54.3 Å². The molecule has 27 heavy (non-hydrogen) atoms. The topological polar surface area (TPSA) is 94.4 Å². The Balaban J connectivity index is 1.68. The molecule has 3 aromatic rings. The van der Waals surface area contributed by atoms with Gasteiger partial charge in [-0.1, -0.05) is 0 Å². The van der Waals surface area contributed by atoms with Gasteiger partial charge in [-0.3, -0.25) is 10.1 Å². The molecule has 4 rings (SSSR count). The summed E-state index contributed by atoms with van der Waals surface area (Å²) >= 11 is 0. The molecular weight excluding hydrogens is 346 g/mol. The number of rotatable bonds is 5. The highest BCUT2D eigenvalue weighted by atomic mass is 16.6. The van der Waals surface area contributed by atoms with E-state index in [1.54, 1.807) is 12.3 Å². The molecular formula is C18H19N7O2. The summed E-state index contributed by atoms with van der Waals surface area (Å²) < 4.78 is 3.35. The Hall–Kier alpha value is -3.49. The standard InChI is InChI=1S/C18H19N7O2/c26-25(27)18-11-15(6-7-17(18)22-8-2-1-3-9-22)24-10-4-5-16(24)12-21-23-13-19-20-14-23/h4-7,10-14H,1-3,8-9H2. The first-order valence-electron chi connectivity index (χ1n) is 8.82. The quantitative estimate of drug-likeness (QED) is 0.394. The van der Waals surface area contributed by atoms with Crippen LogP contribution in [0.2, 0.25) is 0 Å². The molecule has 2 aromatic heterocycles. The van der Waals surface area contributed by atoms with E-state index in [9.17, 15) is 10.1 Å². The van der Waals surface area contributed by atoms with Crippen LogP contribution in [0.4, 0.5) is 11.4 Å². The third kappa shape index (κ3) is 3.57. The summed E-state index contributed by atoms with van der Waals surface area (Å²) in [4.78, 5) is 13.5. The molecule has 0 atom stereocenters. The molecule has 0 N–H and O–H groups in total. The average Bonchev–Trinajstić information content (AvgIpc) is 3.38. The number of nitro groups is 1. The van der Waals surface area contributed by atoms with E-state index in [4.69, 9.17) is 0 Å². The lowest BCUT2D eigenvalue weighted by Crippen LogP contribution is -2.29. The second kappa shape index (κ2) is 7.40. The van der Waals surface area contributed by atoms with E-state index >= 15 is 0 Å². The largest absolute Gasteiger partial charge is 0.366 e. The van der Waals surface area contributed by atoms with Gasteiger partial charge in [0.25, 0.3) is 5.69 Å². The molecule has 1 aromatic carbocycles. The average molecular weight is 365 g/mol. The molecule has 0 bridgehead atoms. The van der Waals surface area contributed by atoms with Gasteiger partial charge in [-0.25, -0.2) is 4.68 Å². The Morgan fingerprint density at radius 3 is 2.63 bits per heavy atom. The number of piperidine rings is 1. The van der Waals surface area contributed by atoms with E-state index in [0.29, 0.717) is 5.69 Å². The smallest absolute Gasteiger partial charge is 0.294 e. The summed E-state index contributed by atoms with van der Waals surface area (Å²) in [7, 11) is 0. The van der Waals surface area contributed by atoms with Crippen LogP contribution in [0.3, 0.4) is 0 Å². The Morgan fingerprint density at radius 2 is 1.89 bits per heavy atom. The maximum Gasteiger partial charge on any atom is 0.294 e. The maximum absolute atomic E-state index is 11.7. The number of hydrogen-bond acceptors (Lipinski definition) is 6. The van der Waals surface area contributed by atoms with Crippen LogP contribution in [0.1, 0.15) is 25.0 Å². The van der Waals surface area contributed by atoms with Crippen molar-refractivity contribution >= 4 is 17.6 Å². The van der Waals surface area contributed by atoms with Crippen LogP contribution in [-0.4, -0.2) is 43.7 Å². The van der Waals surface area contributed by atoms with Crippen LogP contribution in [-0.2, 0) is 0 Å². The van der Waals surface area contributed by atoms with E-state index in [0.717, 1.165) is 37.3 Å². The summed E-state index contributed by atoms with van der Waals surface area (Å²) in [6.45, 7) is 1.72. The van der Waals surface area contributed by atoms with Gasteiger partial charge >= 0.3 is 0 Å². The van der Waals surface area contributed by atoms with Gasteiger partial charge in [-0.05, 0) is 43.5 Å². The van der Waals surface area contributed by atoms with E-state index in [2.05, 4.69) is 20.2 Å². The first kappa shape index (κ1) is 17.0. The fourth-order valence-corrected chi connectivity index (χ4v) is 3.33. The summed E-state index contributed by atoms with van der Waals surface area (Å²) in [5.41, 5.74) is 2.33. The SMILES string of the molecule is O=[N+]([O-])c1cc(-n2cccc2C=Nn2cnnc2)ccc1N1CCCCC1. The van der Waals surface area contributed by atoms with Crippen molar-refractivity contribution in [1.82, 2.24) is 19.4 Å². The molecule has 9 heteroatoms. The van der Waals surface area contributed by atoms with Gasteiger partial charge in [0.05, 0.1) is 22.5 Å². The van der Waals surface area contributed by atoms with Crippen molar-refractivity contribution in [2.75, 3.05) is 18.0 Å². The van der Waals surface area contributed by atoms with Gasteiger partial charge in [0.15, 0.2) is 0 Å². The van der Waals surface area contributed by atoms with Crippen LogP contribution in [0, 0.1) is 10.1 Å². The third-order valence-electron chi connectivity index (χ3n) is 4.64. The summed E-state index contributed by atoms with van der Waals surface area (Å²) in [6, 6.07) is 9.14. The van der Waals surface area contributed by atoms with Crippen molar-refractivity contribution in [1.29, 1.82) is 0 Å². The minimum absolute atomic E-state index is 0.129. The first-order valence-corrected chi connectivity index (χ1v) is 8.82. The lowest BCUT2D eigenvalue weighted by atomic mass is 10.1. The van der Waals surface area contributed by atoms with Crippen molar-refractivity contribution in [3.8, 4) is 5.69 Å². The molecule has 1 aliphatic heterocycles. The highest BCUT2D eigenvalue weighted by molar-refractivity contribution is 5.79. The summed E-state index contributed by atoms with van der Waals surface area (Å²) in [5.74, 6) is 0. The number of aromatic nitrogens is 4. The highest BCUT2D eigenvalue weighted by Crippen LogP contribution is 2.32. The van der Waals surface area contributed by atoms with E-state index in [1.165, 1.54) is 23.8 Å². The number of benzene rings is 1. The van der Waals surface area contributed by atoms with E-state index in [1.807, 2.05) is 35.0 Å². The van der Waals surface area contributed by atoms with Gasteiger partial charge in [0.2, 0.25) is 0 Å². The molecule has 0 spiro atoms.